The summed E-state index contributed by atoms with van der Waals surface area (Å²) in [5.74, 6) is -0.499. The zero-order chi connectivity index (χ0) is 12.5. The molecule has 3 heteroatoms. The Morgan fingerprint density at radius 3 is 2.61 bits per heavy atom. The largest absolute Gasteiger partial charge is 0.464 e. The van der Waals surface area contributed by atoms with E-state index in [2.05, 4.69) is 0 Å². The predicted molar refractivity (Wildman–Crippen MR) is 67.0 cm³/mol. The first-order valence-corrected chi connectivity index (χ1v) is 5.51. The minimum atomic E-state index is -0.499. The molecular weight excluding hydrogens is 231 g/mol. The predicted octanol–water partition coefficient (Wildman–Crippen LogP) is 4.05. The first-order valence-electron chi connectivity index (χ1n) is 5.51. The van der Waals surface area contributed by atoms with Gasteiger partial charge in [0.1, 0.15) is 11.4 Å². The van der Waals surface area contributed by atoms with Gasteiger partial charge in [0.2, 0.25) is 0 Å². The van der Waals surface area contributed by atoms with Gasteiger partial charge in [-0.15, -0.1) is 0 Å². The van der Waals surface area contributed by atoms with Crippen molar-refractivity contribution in [2.45, 2.75) is 0 Å². The maximum absolute atomic E-state index is 14.1. The Morgan fingerprint density at radius 2 is 1.78 bits per heavy atom. The number of carbonyl (C=O) groups excluding carboxylic acids is 1. The number of rotatable bonds is 2. The molecule has 0 aliphatic heterocycles. The minimum Gasteiger partial charge on any atom is -0.464 e. The summed E-state index contributed by atoms with van der Waals surface area (Å²) >= 11 is 0. The SMILES string of the molecule is O=Cc1cccc(-c2cccc3occc23)c1F. The molecule has 0 aliphatic rings. The summed E-state index contributed by atoms with van der Waals surface area (Å²) in [4.78, 5) is 10.8. The van der Waals surface area contributed by atoms with E-state index in [1.165, 1.54) is 6.07 Å². The van der Waals surface area contributed by atoms with Gasteiger partial charge in [-0.1, -0.05) is 24.3 Å². The molecule has 2 aromatic carbocycles. The van der Waals surface area contributed by atoms with Gasteiger partial charge in [0.05, 0.1) is 11.8 Å². The van der Waals surface area contributed by atoms with Crippen LogP contribution in [0.1, 0.15) is 10.4 Å². The van der Waals surface area contributed by atoms with Crippen LogP contribution in [0.3, 0.4) is 0 Å². The van der Waals surface area contributed by atoms with Crippen molar-refractivity contribution in [3.8, 4) is 11.1 Å². The second kappa shape index (κ2) is 4.11. The quantitative estimate of drug-likeness (QED) is 0.632. The van der Waals surface area contributed by atoms with Crippen molar-refractivity contribution < 1.29 is 13.6 Å². The zero-order valence-corrected chi connectivity index (χ0v) is 9.39. The zero-order valence-electron chi connectivity index (χ0n) is 9.39. The molecule has 3 aromatic rings. The van der Waals surface area contributed by atoms with Crippen LogP contribution in [-0.2, 0) is 0 Å². The molecule has 0 saturated carbocycles. The van der Waals surface area contributed by atoms with Crippen LogP contribution in [0.2, 0.25) is 0 Å². The summed E-state index contributed by atoms with van der Waals surface area (Å²) in [7, 11) is 0. The van der Waals surface area contributed by atoms with Crippen molar-refractivity contribution in [3.63, 3.8) is 0 Å². The van der Waals surface area contributed by atoms with Crippen LogP contribution in [0.5, 0.6) is 0 Å². The third-order valence-electron chi connectivity index (χ3n) is 2.94. The van der Waals surface area contributed by atoms with Crippen molar-refractivity contribution >= 4 is 17.3 Å². The smallest absolute Gasteiger partial charge is 0.153 e. The van der Waals surface area contributed by atoms with Crippen LogP contribution < -0.4 is 0 Å². The van der Waals surface area contributed by atoms with Gasteiger partial charge < -0.3 is 4.42 Å². The van der Waals surface area contributed by atoms with E-state index in [4.69, 9.17) is 4.42 Å². The first kappa shape index (κ1) is 10.7. The monoisotopic (exact) mass is 240 g/mol. The average Bonchev–Trinajstić information content (AvgIpc) is 2.87. The van der Waals surface area contributed by atoms with Gasteiger partial charge in [0, 0.05) is 10.9 Å². The molecule has 88 valence electrons. The second-order valence-electron chi connectivity index (χ2n) is 3.96. The molecule has 2 nitrogen and oxygen atoms in total. The molecule has 0 N–H and O–H groups in total. The Bertz CT molecular complexity index is 728. The molecule has 1 heterocycles. The highest BCUT2D eigenvalue weighted by Gasteiger charge is 2.12. The summed E-state index contributed by atoms with van der Waals surface area (Å²) in [6, 6.07) is 12.0. The lowest BCUT2D eigenvalue weighted by Crippen LogP contribution is -1.91. The molecule has 0 atom stereocenters. The van der Waals surface area contributed by atoms with Crippen molar-refractivity contribution in [1.29, 1.82) is 0 Å². The summed E-state index contributed by atoms with van der Waals surface area (Å²) in [5, 5.41) is 0.833. The van der Waals surface area contributed by atoms with Crippen LogP contribution in [0.4, 0.5) is 4.39 Å². The molecule has 0 bridgehead atoms. The Hall–Kier alpha value is -2.42. The van der Waals surface area contributed by atoms with Crippen LogP contribution in [0, 0.1) is 5.82 Å². The normalized spacial score (nSPS) is 10.7. The Morgan fingerprint density at radius 1 is 1.00 bits per heavy atom. The minimum absolute atomic E-state index is 0.0630. The average molecular weight is 240 g/mol. The molecule has 3 rings (SSSR count). The third kappa shape index (κ3) is 1.52. The van der Waals surface area contributed by atoms with E-state index in [-0.39, 0.29) is 5.56 Å². The van der Waals surface area contributed by atoms with Crippen LogP contribution in [0.15, 0.2) is 53.1 Å². The number of aldehydes is 1. The summed E-state index contributed by atoms with van der Waals surface area (Å²) < 4.78 is 19.4. The van der Waals surface area contributed by atoms with E-state index < -0.39 is 5.82 Å². The van der Waals surface area contributed by atoms with Crippen LogP contribution in [0.25, 0.3) is 22.1 Å². The van der Waals surface area contributed by atoms with E-state index in [0.717, 1.165) is 10.9 Å². The number of carbonyl (C=O) groups is 1. The second-order valence-corrected chi connectivity index (χ2v) is 3.96. The van der Waals surface area contributed by atoms with E-state index in [1.807, 2.05) is 12.1 Å². The van der Waals surface area contributed by atoms with Crippen molar-refractivity contribution in [2.75, 3.05) is 0 Å². The van der Waals surface area contributed by atoms with E-state index in [9.17, 15) is 9.18 Å². The van der Waals surface area contributed by atoms with Crippen LogP contribution >= 0.6 is 0 Å². The molecule has 0 radical (unpaired) electrons. The van der Waals surface area contributed by atoms with Gasteiger partial charge in [-0.3, -0.25) is 4.79 Å². The van der Waals surface area contributed by atoms with Crippen molar-refractivity contribution in [3.05, 3.63) is 60.1 Å². The summed E-state index contributed by atoms with van der Waals surface area (Å²) in [5.41, 5.74) is 1.89. The van der Waals surface area contributed by atoms with Gasteiger partial charge >= 0.3 is 0 Å². The highest BCUT2D eigenvalue weighted by molar-refractivity contribution is 5.95. The third-order valence-corrected chi connectivity index (χ3v) is 2.94. The van der Waals surface area contributed by atoms with E-state index >= 15 is 0 Å². The topological polar surface area (TPSA) is 30.2 Å². The molecule has 0 spiro atoms. The fourth-order valence-corrected chi connectivity index (χ4v) is 2.08. The number of fused-ring (bicyclic) bond motifs is 1. The number of hydrogen-bond acceptors (Lipinski definition) is 2. The summed E-state index contributed by atoms with van der Waals surface area (Å²) in [6.45, 7) is 0. The van der Waals surface area contributed by atoms with Gasteiger partial charge in [-0.2, -0.15) is 0 Å². The van der Waals surface area contributed by atoms with Gasteiger partial charge in [-0.25, -0.2) is 4.39 Å². The number of hydrogen-bond donors (Lipinski definition) is 0. The molecule has 0 fully saturated rings. The number of furan rings is 1. The van der Waals surface area contributed by atoms with Gasteiger partial charge in [-0.05, 0) is 23.8 Å². The Kier molecular flexibility index (Phi) is 2.45. The Labute approximate surface area is 103 Å². The van der Waals surface area contributed by atoms with Crippen LogP contribution in [-0.4, -0.2) is 6.29 Å². The van der Waals surface area contributed by atoms with Gasteiger partial charge in [0.15, 0.2) is 6.29 Å². The fourth-order valence-electron chi connectivity index (χ4n) is 2.08. The molecular formula is C15H9FO2. The maximum Gasteiger partial charge on any atom is 0.153 e. The van der Waals surface area contributed by atoms with Gasteiger partial charge in [0.25, 0.3) is 0 Å². The highest BCUT2D eigenvalue weighted by Crippen LogP contribution is 2.31. The molecule has 0 saturated heterocycles. The highest BCUT2D eigenvalue weighted by atomic mass is 19.1. The molecule has 0 unspecified atom stereocenters. The summed E-state index contributed by atoms with van der Waals surface area (Å²) in [6.07, 6.45) is 2.09. The molecule has 0 aliphatic carbocycles. The Balaban J connectivity index is 2.32. The lowest BCUT2D eigenvalue weighted by atomic mass is 9.99. The van der Waals surface area contributed by atoms with E-state index in [0.29, 0.717) is 17.4 Å². The number of benzene rings is 2. The maximum atomic E-state index is 14.1. The first-order chi connectivity index (χ1) is 8.81. The molecule has 18 heavy (non-hydrogen) atoms. The molecule has 0 amide bonds. The molecule has 1 aromatic heterocycles. The lowest BCUT2D eigenvalue weighted by molar-refractivity contribution is 0.112. The fraction of sp³-hybridized carbons (Fsp3) is 0. The van der Waals surface area contributed by atoms with Crippen molar-refractivity contribution in [1.82, 2.24) is 0 Å². The van der Waals surface area contributed by atoms with Crippen molar-refractivity contribution in [2.24, 2.45) is 0 Å². The van der Waals surface area contributed by atoms with E-state index in [1.54, 1.807) is 30.5 Å². The lowest BCUT2D eigenvalue weighted by Gasteiger charge is -2.06. The standard InChI is InChI=1S/C15H9FO2/c16-15-10(9-17)3-1-5-13(15)11-4-2-6-14-12(11)7-8-18-14/h1-9H. The number of halogens is 1.